The molecule has 9 heteroatoms. The second-order valence-corrected chi connectivity index (χ2v) is 28.4. The minimum Gasteiger partial charge on any atom is -0.458 e. The van der Waals surface area contributed by atoms with Gasteiger partial charge in [0.25, 0.3) is 0 Å². The number of allylic oxidation sites excluding steroid dienone is 5. The van der Waals surface area contributed by atoms with E-state index in [-0.39, 0.29) is 40.3 Å². The van der Waals surface area contributed by atoms with Crippen molar-refractivity contribution in [3.63, 3.8) is 0 Å². The van der Waals surface area contributed by atoms with Gasteiger partial charge in [0.15, 0.2) is 16.6 Å². The number of primary amides is 1. The number of carbonyl (C=O) groups excluding carboxylic acids is 2. The normalized spacial score (nSPS) is 28.2. The third kappa shape index (κ3) is 17.6. The fourth-order valence-electron chi connectivity index (χ4n) is 6.11. The molecule has 0 bridgehead atoms. The number of carbonyl (C=O) groups is 2. The fraction of sp³-hybridized carbons (Fsp3) is 0.814. The molecule has 1 rings (SSSR count). The van der Waals surface area contributed by atoms with Gasteiger partial charge in [-0.2, -0.15) is 0 Å². The monoisotopic (exact) mass is 764 g/mol. The maximum absolute atomic E-state index is 14.1. The Morgan fingerprint density at radius 3 is 2.02 bits per heavy atom. The Labute approximate surface area is 322 Å². The molecule has 0 saturated heterocycles. The van der Waals surface area contributed by atoms with Crippen LogP contribution >= 0.6 is 0 Å². The molecule has 0 saturated carbocycles. The predicted molar refractivity (Wildman–Crippen MR) is 224 cm³/mol. The lowest BCUT2D eigenvalue weighted by Gasteiger charge is -2.42. The van der Waals surface area contributed by atoms with Crippen molar-refractivity contribution in [1.29, 1.82) is 0 Å². The van der Waals surface area contributed by atoms with Gasteiger partial charge in [-0.05, 0) is 126 Å². The second-order valence-electron chi connectivity index (χ2n) is 18.9. The molecule has 0 aromatic carbocycles. The molecule has 1 aliphatic heterocycles. The number of esters is 1. The molecule has 0 spiro atoms. The number of nitrogens with two attached hydrogens (primary N) is 1. The molecule has 0 aliphatic carbocycles. The number of unbranched alkanes of at least 4 members (excludes halogenated alkanes) is 3. The topological polar surface area (TPSA) is 97.1 Å². The number of amides is 1. The Kier molecular flexibility index (Phi) is 20.5. The highest BCUT2D eigenvalue weighted by Gasteiger charge is 2.43. The highest BCUT2D eigenvalue weighted by atomic mass is 28.4. The van der Waals surface area contributed by atoms with Gasteiger partial charge in [0.2, 0.25) is 0 Å². The van der Waals surface area contributed by atoms with Gasteiger partial charge in [0.1, 0.15) is 12.2 Å². The molecule has 0 aromatic rings. The summed E-state index contributed by atoms with van der Waals surface area (Å²) in [4.78, 5) is 26.3. The lowest BCUT2D eigenvalue weighted by molar-refractivity contribution is -0.155. The zero-order valence-corrected chi connectivity index (χ0v) is 38.2. The van der Waals surface area contributed by atoms with E-state index < -0.39 is 34.7 Å². The Bertz CT molecular complexity index is 1170. The smallest absolute Gasteiger partial charge is 0.404 e. The SMILES string of the molecule is CCCCC/C=C/C(C)=C/[C@@H]1C[C@@H](C)C/C=C/CC[C@H](O[Si](C)(C)C(C)(C)C)[C@@H](OC(N)=O)CC[C@H](C)C[C@@H](O[Si](C)(C)C(C)(C)C)[C@H](C)C(=O)O1. The molecule has 0 aromatic heterocycles. The van der Waals surface area contributed by atoms with E-state index in [9.17, 15) is 9.59 Å². The highest BCUT2D eigenvalue weighted by Crippen LogP contribution is 2.41. The number of hydrogen-bond acceptors (Lipinski definition) is 6. The summed E-state index contributed by atoms with van der Waals surface area (Å²) in [6.45, 7) is 33.1. The largest absolute Gasteiger partial charge is 0.458 e. The predicted octanol–water partition coefficient (Wildman–Crippen LogP) is 12.4. The number of rotatable bonds is 11. The van der Waals surface area contributed by atoms with Crippen LogP contribution in [0.5, 0.6) is 0 Å². The quantitative estimate of drug-likeness (QED) is 0.0740. The first-order valence-electron chi connectivity index (χ1n) is 20.4. The lowest BCUT2D eigenvalue weighted by atomic mass is 9.90. The van der Waals surface area contributed by atoms with Gasteiger partial charge in [0, 0.05) is 0 Å². The van der Waals surface area contributed by atoms with Gasteiger partial charge in [-0.3, -0.25) is 4.79 Å². The average molecular weight is 764 g/mol. The molecule has 7 nitrogen and oxygen atoms in total. The Hall–Kier alpha value is -1.69. The van der Waals surface area contributed by atoms with Crippen LogP contribution in [0.4, 0.5) is 4.79 Å². The summed E-state index contributed by atoms with van der Waals surface area (Å²) in [5.41, 5.74) is 6.79. The fourth-order valence-corrected chi connectivity index (χ4v) is 8.90. The molecule has 302 valence electrons. The molecule has 2 N–H and O–H groups in total. The zero-order chi connectivity index (χ0) is 39.9. The Morgan fingerprint density at radius 1 is 0.865 bits per heavy atom. The van der Waals surface area contributed by atoms with Crippen molar-refractivity contribution < 1.29 is 27.9 Å². The molecular formula is C43H81NO6Si2. The minimum atomic E-state index is -2.24. The number of hydrogen-bond donors (Lipinski definition) is 1. The summed E-state index contributed by atoms with van der Waals surface area (Å²) in [5, 5.41) is -0.0164. The summed E-state index contributed by atoms with van der Waals surface area (Å²) < 4.78 is 26.3. The number of cyclic esters (lactones) is 1. The third-order valence-corrected chi connectivity index (χ3v) is 20.7. The second kappa shape index (κ2) is 22.0. The van der Waals surface area contributed by atoms with Crippen LogP contribution in [0.1, 0.15) is 147 Å². The van der Waals surface area contributed by atoms with E-state index in [0.29, 0.717) is 18.8 Å². The van der Waals surface area contributed by atoms with Crippen molar-refractivity contribution in [2.45, 2.75) is 207 Å². The average Bonchev–Trinajstić information content (AvgIpc) is 2.99. The molecule has 1 amide bonds. The van der Waals surface area contributed by atoms with Crippen molar-refractivity contribution in [1.82, 2.24) is 0 Å². The standard InChI is InChI=1S/C43H81NO6Si2/c1-16-17-18-19-21-24-32(2)29-36-30-33(3)25-22-20-23-26-38(49-51(12,13)42(6,7)8)37(48-41(44)46)28-27-34(4)31-39(35(5)40(45)47-36)50-52(14,15)43(9,10)11/h20-22,24,29,33-39H,16-19,23,25-28,30-31H2,1-15H3,(H2,44,46)/b22-20+,24-21+,32-29+/t33-,34-,35-,36+,37-,38-,39+/m0/s1. The van der Waals surface area contributed by atoms with Gasteiger partial charge < -0.3 is 24.1 Å². The summed E-state index contributed by atoms with van der Waals surface area (Å²) in [6, 6.07) is 0. The lowest BCUT2D eigenvalue weighted by Crippen LogP contribution is -2.48. The maximum Gasteiger partial charge on any atom is 0.404 e. The van der Waals surface area contributed by atoms with Crippen molar-refractivity contribution in [3.05, 3.63) is 36.0 Å². The van der Waals surface area contributed by atoms with Crippen molar-refractivity contribution in [2.75, 3.05) is 0 Å². The van der Waals surface area contributed by atoms with Gasteiger partial charge in [-0.25, -0.2) is 4.79 Å². The first kappa shape index (κ1) is 48.3. The number of ether oxygens (including phenoxy) is 2. The summed E-state index contributed by atoms with van der Waals surface area (Å²) in [6.07, 6.45) is 18.8. The highest BCUT2D eigenvalue weighted by molar-refractivity contribution is 6.74. The Balaban J connectivity index is 3.60. The van der Waals surface area contributed by atoms with Gasteiger partial charge >= 0.3 is 12.1 Å². The first-order chi connectivity index (χ1) is 23.9. The zero-order valence-electron chi connectivity index (χ0n) is 36.2. The van der Waals surface area contributed by atoms with Crippen LogP contribution in [0.2, 0.25) is 36.3 Å². The molecular weight excluding hydrogens is 683 g/mol. The van der Waals surface area contributed by atoms with Crippen molar-refractivity contribution in [2.24, 2.45) is 23.5 Å². The maximum atomic E-state index is 14.1. The molecule has 0 radical (unpaired) electrons. The van der Waals surface area contributed by atoms with E-state index in [2.05, 4.69) is 126 Å². The van der Waals surface area contributed by atoms with Crippen LogP contribution in [0, 0.1) is 17.8 Å². The minimum absolute atomic E-state index is 0.00207. The van der Waals surface area contributed by atoms with E-state index in [1.54, 1.807) is 0 Å². The van der Waals surface area contributed by atoms with Gasteiger partial charge in [-0.1, -0.05) is 105 Å². The van der Waals surface area contributed by atoms with Crippen LogP contribution < -0.4 is 5.73 Å². The summed E-state index contributed by atoms with van der Waals surface area (Å²) in [5.74, 6) is -0.172. The van der Waals surface area contributed by atoms with Crippen LogP contribution in [0.3, 0.4) is 0 Å². The van der Waals surface area contributed by atoms with Crippen LogP contribution in [0.25, 0.3) is 0 Å². The molecule has 0 unspecified atom stereocenters. The van der Waals surface area contributed by atoms with E-state index in [4.69, 9.17) is 24.1 Å². The van der Waals surface area contributed by atoms with Crippen LogP contribution in [-0.2, 0) is 23.1 Å². The van der Waals surface area contributed by atoms with Crippen molar-refractivity contribution >= 4 is 28.7 Å². The molecule has 7 atom stereocenters. The van der Waals surface area contributed by atoms with Crippen molar-refractivity contribution in [3.8, 4) is 0 Å². The first-order valence-corrected chi connectivity index (χ1v) is 26.2. The molecule has 1 heterocycles. The summed E-state index contributed by atoms with van der Waals surface area (Å²) >= 11 is 0. The summed E-state index contributed by atoms with van der Waals surface area (Å²) in [7, 11) is -4.43. The molecule has 52 heavy (non-hydrogen) atoms. The van der Waals surface area contributed by atoms with E-state index >= 15 is 0 Å². The van der Waals surface area contributed by atoms with E-state index in [0.717, 1.165) is 44.1 Å². The van der Waals surface area contributed by atoms with Crippen LogP contribution in [-0.4, -0.2) is 53.1 Å². The van der Waals surface area contributed by atoms with E-state index in [1.807, 2.05) is 6.92 Å². The van der Waals surface area contributed by atoms with Crippen LogP contribution in [0.15, 0.2) is 36.0 Å². The third-order valence-electron chi connectivity index (χ3n) is 11.7. The molecule has 1 aliphatic rings. The van der Waals surface area contributed by atoms with Gasteiger partial charge in [-0.15, -0.1) is 0 Å². The van der Waals surface area contributed by atoms with E-state index in [1.165, 1.54) is 19.3 Å². The van der Waals surface area contributed by atoms with Gasteiger partial charge in [0.05, 0.1) is 18.1 Å². The Morgan fingerprint density at radius 2 is 1.46 bits per heavy atom. The molecule has 0 fully saturated rings.